The molecular weight excluding hydrogens is 234 g/mol. The fraction of sp³-hybridized carbons (Fsp3) is 0.417. The summed E-state index contributed by atoms with van der Waals surface area (Å²) in [6.07, 6.45) is 3.53. The molecule has 2 N–H and O–H groups in total. The Morgan fingerprint density at radius 2 is 2.28 bits per heavy atom. The van der Waals surface area contributed by atoms with Crippen molar-refractivity contribution in [1.82, 2.24) is 15.2 Å². The van der Waals surface area contributed by atoms with E-state index in [4.69, 9.17) is 5.11 Å². The van der Waals surface area contributed by atoms with Gasteiger partial charge in [0.05, 0.1) is 17.8 Å². The first-order chi connectivity index (χ1) is 8.58. The molecule has 1 heterocycles. The van der Waals surface area contributed by atoms with Crippen molar-refractivity contribution in [2.75, 3.05) is 7.05 Å². The van der Waals surface area contributed by atoms with Gasteiger partial charge in [-0.05, 0) is 25.0 Å². The molecule has 6 heteroatoms. The van der Waals surface area contributed by atoms with Gasteiger partial charge < -0.3 is 15.3 Å². The molecule has 1 aromatic rings. The summed E-state index contributed by atoms with van der Waals surface area (Å²) < 4.78 is 0. The van der Waals surface area contributed by atoms with Gasteiger partial charge in [0.25, 0.3) is 0 Å². The molecule has 0 aromatic carbocycles. The molecule has 1 aliphatic carbocycles. The number of hydrogen-bond acceptors (Lipinski definition) is 3. The Bertz CT molecular complexity index is 471. The number of carboxylic acids is 1. The highest BCUT2D eigenvalue weighted by Gasteiger charge is 2.29. The number of aromatic nitrogens is 1. The zero-order valence-corrected chi connectivity index (χ0v) is 10.1. The molecule has 0 unspecified atom stereocenters. The van der Waals surface area contributed by atoms with E-state index in [-0.39, 0.29) is 18.1 Å². The van der Waals surface area contributed by atoms with Gasteiger partial charge in [0.2, 0.25) is 0 Å². The van der Waals surface area contributed by atoms with Crippen LogP contribution >= 0.6 is 0 Å². The van der Waals surface area contributed by atoms with Crippen molar-refractivity contribution < 1.29 is 14.7 Å². The van der Waals surface area contributed by atoms with Gasteiger partial charge in [-0.2, -0.15) is 0 Å². The lowest BCUT2D eigenvalue weighted by molar-refractivity contribution is 0.0696. The predicted octanol–water partition coefficient (Wildman–Crippen LogP) is 1.08. The Hall–Kier alpha value is -2.11. The maximum atomic E-state index is 11.7. The Morgan fingerprint density at radius 3 is 2.89 bits per heavy atom. The largest absolute Gasteiger partial charge is 0.478 e. The number of carbonyl (C=O) groups excluding carboxylic acids is 1. The first-order valence-corrected chi connectivity index (χ1v) is 5.77. The van der Waals surface area contributed by atoms with Crippen LogP contribution in [0.1, 0.15) is 28.9 Å². The third-order valence-electron chi connectivity index (χ3n) is 2.90. The first kappa shape index (κ1) is 12.3. The van der Waals surface area contributed by atoms with E-state index in [1.165, 1.54) is 18.3 Å². The Morgan fingerprint density at radius 1 is 1.56 bits per heavy atom. The molecule has 0 bridgehead atoms. The van der Waals surface area contributed by atoms with Crippen LogP contribution in [-0.4, -0.2) is 40.1 Å². The molecule has 0 saturated heterocycles. The zero-order valence-electron chi connectivity index (χ0n) is 10.1. The predicted molar refractivity (Wildman–Crippen MR) is 64.2 cm³/mol. The summed E-state index contributed by atoms with van der Waals surface area (Å²) in [5.74, 6) is -1.000. The molecule has 18 heavy (non-hydrogen) atoms. The molecular formula is C12H15N3O3. The second-order valence-electron chi connectivity index (χ2n) is 4.34. The number of urea groups is 1. The summed E-state index contributed by atoms with van der Waals surface area (Å²) in [5, 5.41) is 11.6. The van der Waals surface area contributed by atoms with Crippen LogP contribution in [0.25, 0.3) is 0 Å². The third kappa shape index (κ3) is 2.97. The summed E-state index contributed by atoms with van der Waals surface area (Å²) in [7, 11) is 1.76. The SMILES string of the molecule is CN(C(=O)NCc1cc(C(=O)O)ccn1)C1CC1. The highest BCUT2D eigenvalue weighted by molar-refractivity contribution is 5.87. The average molecular weight is 249 g/mol. The highest BCUT2D eigenvalue weighted by Crippen LogP contribution is 2.25. The Labute approximate surface area is 105 Å². The number of nitrogens with zero attached hydrogens (tertiary/aromatic N) is 2. The van der Waals surface area contributed by atoms with Crippen molar-refractivity contribution in [2.24, 2.45) is 0 Å². The molecule has 0 atom stereocenters. The number of carboxylic acid groups (broad SMARTS) is 1. The van der Waals surface area contributed by atoms with E-state index in [1.807, 2.05) is 0 Å². The van der Waals surface area contributed by atoms with Crippen molar-refractivity contribution in [1.29, 1.82) is 0 Å². The topological polar surface area (TPSA) is 82.5 Å². The molecule has 0 spiro atoms. The second kappa shape index (κ2) is 5.03. The van der Waals surface area contributed by atoms with Crippen LogP contribution in [0.2, 0.25) is 0 Å². The van der Waals surface area contributed by atoms with Crippen molar-refractivity contribution in [3.8, 4) is 0 Å². The first-order valence-electron chi connectivity index (χ1n) is 5.77. The van der Waals surface area contributed by atoms with E-state index in [0.717, 1.165) is 12.8 Å². The number of aromatic carboxylic acids is 1. The molecule has 1 saturated carbocycles. The second-order valence-corrected chi connectivity index (χ2v) is 4.34. The molecule has 6 nitrogen and oxygen atoms in total. The van der Waals surface area contributed by atoms with Crippen molar-refractivity contribution in [3.05, 3.63) is 29.6 Å². The molecule has 1 fully saturated rings. The van der Waals surface area contributed by atoms with Gasteiger partial charge in [0.1, 0.15) is 0 Å². The van der Waals surface area contributed by atoms with Gasteiger partial charge in [-0.1, -0.05) is 0 Å². The lowest BCUT2D eigenvalue weighted by Crippen LogP contribution is -2.38. The van der Waals surface area contributed by atoms with E-state index in [2.05, 4.69) is 10.3 Å². The van der Waals surface area contributed by atoms with Crippen LogP contribution < -0.4 is 5.32 Å². The average Bonchev–Trinajstić information content (AvgIpc) is 3.19. The van der Waals surface area contributed by atoms with Gasteiger partial charge in [0.15, 0.2) is 0 Å². The minimum Gasteiger partial charge on any atom is -0.478 e. The molecule has 0 aliphatic heterocycles. The van der Waals surface area contributed by atoms with Crippen molar-refractivity contribution in [3.63, 3.8) is 0 Å². The highest BCUT2D eigenvalue weighted by atomic mass is 16.4. The van der Waals surface area contributed by atoms with Crippen LogP contribution in [0, 0.1) is 0 Å². The van der Waals surface area contributed by atoms with Crippen LogP contribution in [0.4, 0.5) is 4.79 Å². The molecule has 1 aromatic heterocycles. The molecule has 1 aliphatic rings. The standard InChI is InChI=1S/C12H15N3O3/c1-15(10-2-3-10)12(18)14-7-9-6-8(11(16)17)4-5-13-9/h4-6,10H,2-3,7H2,1H3,(H,14,18)(H,16,17). The summed E-state index contributed by atoms with van der Waals surface area (Å²) >= 11 is 0. The van der Waals surface area contributed by atoms with E-state index in [1.54, 1.807) is 11.9 Å². The lowest BCUT2D eigenvalue weighted by atomic mass is 10.2. The van der Waals surface area contributed by atoms with Crippen LogP contribution in [0.3, 0.4) is 0 Å². The summed E-state index contributed by atoms with van der Waals surface area (Å²) in [5.41, 5.74) is 0.706. The number of carbonyl (C=O) groups is 2. The van der Waals surface area contributed by atoms with Gasteiger partial charge in [-0.3, -0.25) is 4.98 Å². The van der Waals surface area contributed by atoms with Crippen molar-refractivity contribution >= 4 is 12.0 Å². The van der Waals surface area contributed by atoms with Crippen molar-refractivity contribution in [2.45, 2.75) is 25.4 Å². The Kier molecular flexibility index (Phi) is 3.45. The van der Waals surface area contributed by atoms with E-state index in [0.29, 0.717) is 11.7 Å². The molecule has 2 rings (SSSR count). The maximum absolute atomic E-state index is 11.7. The van der Waals surface area contributed by atoms with Gasteiger partial charge in [-0.25, -0.2) is 9.59 Å². The van der Waals surface area contributed by atoms with E-state index < -0.39 is 5.97 Å². The number of nitrogens with one attached hydrogen (secondary N) is 1. The number of rotatable bonds is 4. The van der Waals surface area contributed by atoms with Crippen LogP contribution in [0.5, 0.6) is 0 Å². The summed E-state index contributed by atoms with van der Waals surface area (Å²) in [6, 6.07) is 3.08. The minimum atomic E-state index is -1.000. The quantitative estimate of drug-likeness (QED) is 0.836. The summed E-state index contributed by atoms with van der Waals surface area (Å²) in [6.45, 7) is 0.233. The van der Waals surface area contributed by atoms with Crippen LogP contribution in [0.15, 0.2) is 18.3 Å². The monoisotopic (exact) mass is 249 g/mol. The summed E-state index contributed by atoms with van der Waals surface area (Å²) in [4.78, 5) is 28.1. The normalized spacial score (nSPS) is 14.1. The van der Waals surface area contributed by atoms with Gasteiger partial charge in [0, 0.05) is 19.3 Å². The third-order valence-corrected chi connectivity index (χ3v) is 2.90. The smallest absolute Gasteiger partial charge is 0.335 e. The Balaban J connectivity index is 1.91. The van der Waals surface area contributed by atoms with E-state index >= 15 is 0 Å². The number of pyridine rings is 1. The fourth-order valence-corrected chi connectivity index (χ4v) is 1.63. The molecule has 0 radical (unpaired) electrons. The van der Waals surface area contributed by atoms with Crippen LogP contribution in [-0.2, 0) is 6.54 Å². The number of hydrogen-bond donors (Lipinski definition) is 2. The van der Waals surface area contributed by atoms with Gasteiger partial charge >= 0.3 is 12.0 Å². The lowest BCUT2D eigenvalue weighted by Gasteiger charge is -2.16. The number of amides is 2. The fourth-order valence-electron chi connectivity index (χ4n) is 1.63. The molecule has 96 valence electrons. The minimum absolute atomic E-state index is 0.153. The van der Waals surface area contributed by atoms with E-state index in [9.17, 15) is 9.59 Å². The zero-order chi connectivity index (χ0) is 13.1. The van der Waals surface area contributed by atoms with Gasteiger partial charge in [-0.15, -0.1) is 0 Å². The molecule has 2 amide bonds. The maximum Gasteiger partial charge on any atom is 0.335 e.